The molecule has 0 saturated carbocycles. The smallest absolute Gasteiger partial charge is 0.192 e. The Morgan fingerprint density at radius 1 is 1.18 bits per heavy atom. The first-order valence-corrected chi connectivity index (χ1v) is 9.02. The Morgan fingerprint density at radius 3 is 2.29 bits per heavy atom. The highest BCUT2D eigenvalue weighted by molar-refractivity contribution is 6.74. The van der Waals surface area contributed by atoms with E-state index in [1.54, 1.807) is 0 Å². The van der Waals surface area contributed by atoms with Gasteiger partial charge in [0.25, 0.3) is 0 Å². The Morgan fingerprint density at radius 2 is 1.76 bits per heavy atom. The summed E-state index contributed by atoms with van der Waals surface area (Å²) in [6, 6.07) is 0. The first-order valence-electron chi connectivity index (χ1n) is 6.11. The Bertz CT molecular complexity index is 269. The molecular weight excluding hydrogens is 228 g/mol. The van der Waals surface area contributed by atoms with Gasteiger partial charge in [-0.05, 0) is 18.1 Å². The largest absolute Gasteiger partial charge is 0.413 e. The summed E-state index contributed by atoms with van der Waals surface area (Å²) < 4.78 is 11.3. The summed E-state index contributed by atoms with van der Waals surface area (Å²) in [6.45, 7) is 13.2. The second-order valence-electron chi connectivity index (χ2n) is 5.57. The first-order chi connectivity index (χ1) is 7.81. The van der Waals surface area contributed by atoms with Gasteiger partial charge in [-0.1, -0.05) is 32.9 Å². The zero-order valence-electron chi connectivity index (χ0n) is 11.9. The van der Waals surface area contributed by atoms with Crippen molar-refractivity contribution in [1.29, 1.82) is 0 Å². The van der Waals surface area contributed by atoms with Crippen LogP contribution in [0.1, 0.15) is 27.2 Å². The molecule has 2 nitrogen and oxygen atoms in total. The van der Waals surface area contributed by atoms with Gasteiger partial charge in [0, 0.05) is 6.42 Å². The van der Waals surface area contributed by atoms with Crippen LogP contribution >= 0.6 is 0 Å². The lowest BCUT2D eigenvalue weighted by atomic mass is 10.2. The van der Waals surface area contributed by atoms with Gasteiger partial charge in [-0.2, -0.15) is 0 Å². The molecule has 3 heteroatoms. The molecule has 0 aromatic heterocycles. The summed E-state index contributed by atoms with van der Waals surface area (Å²) in [6.07, 6.45) is 9.80. The SMILES string of the molecule is C#CCCOC/C=C/CO[Si](C)(C)C(C)(C)C. The second kappa shape index (κ2) is 7.70. The van der Waals surface area contributed by atoms with E-state index < -0.39 is 8.32 Å². The second-order valence-corrected chi connectivity index (χ2v) is 10.4. The topological polar surface area (TPSA) is 18.5 Å². The van der Waals surface area contributed by atoms with Crippen molar-refractivity contribution in [3.05, 3.63) is 12.2 Å². The Kier molecular flexibility index (Phi) is 7.45. The van der Waals surface area contributed by atoms with Crippen molar-refractivity contribution in [2.45, 2.75) is 45.3 Å². The maximum absolute atomic E-state index is 5.99. The zero-order valence-corrected chi connectivity index (χ0v) is 12.9. The van der Waals surface area contributed by atoms with Crippen molar-refractivity contribution < 1.29 is 9.16 Å². The molecule has 0 atom stereocenters. The summed E-state index contributed by atoms with van der Waals surface area (Å²) >= 11 is 0. The maximum atomic E-state index is 5.99. The van der Waals surface area contributed by atoms with E-state index in [4.69, 9.17) is 15.6 Å². The number of hydrogen-bond acceptors (Lipinski definition) is 2. The summed E-state index contributed by atoms with van der Waals surface area (Å²) in [5, 5.41) is 0.268. The molecule has 0 unspecified atom stereocenters. The van der Waals surface area contributed by atoms with Crippen LogP contribution in [0.3, 0.4) is 0 Å². The standard InChI is InChI=1S/C14H26O2Si/c1-7-8-11-15-12-9-10-13-16-17(5,6)14(2,3)4/h1,9-10H,8,11-13H2,2-6H3/b10-9+. The van der Waals surface area contributed by atoms with E-state index in [9.17, 15) is 0 Å². The fourth-order valence-electron chi connectivity index (χ4n) is 0.892. The highest BCUT2D eigenvalue weighted by Gasteiger charge is 2.36. The summed E-state index contributed by atoms with van der Waals surface area (Å²) in [5.74, 6) is 2.54. The Labute approximate surface area is 108 Å². The van der Waals surface area contributed by atoms with Crippen molar-refractivity contribution >= 4 is 8.32 Å². The van der Waals surface area contributed by atoms with Crippen LogP contribution in [0.15, 0.2) is 12.2 Å². The summed E-state index contributed by atoms with van der Waals surface area (Å²) in [7, 11) is -1.60. The molecule has 0 aliphatic carbocycles. The average molecular weight is 254 g/mol. The molecule has 0 radical (unpaired) electrons. The molecule has 0 amide bonds. The van der Waals surface area contributed by atoms with Gasteiger partial charge in [0.05, 0.1) is 19.8 Å². The van der Waals surface area contributed by atoms with Gasteiger partial charge in [-0.25, -0.2) is 0 Å². The van der Waals surface area contributed by atoms with E-state index >= 15 is 0 Å². The molecule has 0 spiro atoms. The number of rotatable bonds is 7. The monoisotopic (exact) mass is 254 g/mol. The van der Waals surface area contributed by atoms with Gasteiger partial charge in [-0.3, -0.25) is 0 Å². The van der Waals surface area contributed by atoms with Crippen LogP contribution < -0.4 is 0 Å². The Hall–Kier alpha value is -0.563. The van der Waals surface area contributed by atoms with Crippen molar-refractivity contribution in [2.24, 2.45) is 0 Å². The van der Waals surface area contributed by atoms with E-state index in [0.29, 0.717) is 26.2 Å². The third-order valence-corrected chi connectivity index (χ3v) is 7.62. The van der Waals surface area contributed by atoms with E-state index in [1.165, 1.54) is 0 Å². The predicted octanol–water partition coefficient (Wildman–Crippen LogP) is 3.60. The van der Waals surface area contributed by atoms with Crippen LogP contribution in [0.25, 0.3) is 0 Å². The lowest BCUT2D eigenvalue weighted by Gasteiger charge is -2.35. The molecule has 17 heavy (non-hydrogen) atoms. The summed E-state index contributed by atoms with van der Waals surface area (Å²) in [4.78, 5) is 0. The number of terminal acetylenes is 1. The van der Waals surface area contributed by atoms with Gasteiger partial charge >= 0.3 is 0 Å². The lowest BCUT2D eigenvalue weighted by Crippen LogP contribution is -2.40. The third kappa shape index (κ3) is 7.38. The fourth-order valence-corrected chi connectivity index (χ4v) is 1.84. The number of ether oxygens (including phenoxy) is 1. The molecule has 98 valence electrons. The van der Waals surface area contributed by atoms with Crippen molar-refractivity contribution in [2.75, 3.05) is 19.8 Å². The van der Waals surface area contributed by atoms with E-state index in [0.717, 1.165) is 0 Å². The van der Waals surface area contributed by atoms with E-state index in [-0.39, 0.29) is 5.04 Å². The molecule has 0 heterocycles. The molecule has 0 rings (SSSR count). The summed E-state index contributed by atoms with van der Waals surface area (Å²) in [5.41, 5.74) is 0. The fraction of sp³-hybridized carbons (Fsp3) is 0.714. The zero-order chi connectivity index (χ0) is 13.4. The first kappa shape index (κ1) is 16.4. The molecule has 0 aromatic carbocycles. The van der Waals surface area contributed by atoms with E-state index in [1.807, 2.05) is 12.2 Å². The van der Waals surface area contributed by atoms with Gasteiger partial charge < -0.3 is 9.16 Å². The highest BCUT2D eigenvalue weighted by Crippen LogP contribution is 2.36. The van der Waals surface area contributed by atoms with Crippen molar-refractivity contribution in [1.82, 2.24) is 0 Å². The molecule has 0 aliphatic rings. The van der Waals surface area contributed by atoms with Crippen molar-refractivity contribution in [3.8, 4) is 12.3 Å². The molecule has 0 N–H and O–H groups in total. The van der Waals surface area contributed by atoms with Gasteiger partial charge in [0.2, 0.25) is 0 Å². The molecule has 0 fully saturated rings. The third-order valence-electron chi connectivity index (χ3n) is 3.12. The maximum Gasteiger partial charge on any atom is 0.192 e. The average Bonchev–Trinajstić information content (AvgIpc) is 2.20. The van der Waals surface area contributed by atoms with Gasteiger partial charge in [0.1, 0.15) is 0 Å². The van der Waals surface area contributed by atoms with Gasteiger partial charge in [0.15, 0.2) is 8.32 Å². The van der Waals surface area contributed by atoms with Crippen LogP contribution in [0.2, 0.25) is 18.1 Å². The molecule has 0 aromatic rings. The quantitative estimate of drug-likeness (QED) is 0.299. The number of hydrogen-bond donors (Lipinski definition) is 0. The normalized spacial score (nSPS) is 12.9. The molecule has 0 bridgehead atoms. The minimum atomic E-state index is -1.60. The van der Waals surface area contributed by atoms with Crippen LogP contribution in [0.4, 0.5) is 0 Å². The Balaban J connectivity index is 3.70. The lowest BCUT2D eigenvalue weighted by molar-refractivity contribution is 0.168. The molecule has 0 aliphatic heterocycles. The van der Waals surface area contributed by atoms with Crippen LogP contribution in [-0.4, -0.2) is 28.1 Å². The van der Waals surface area contributed by atoms with Crippen LogP contribution in [-0.2, 0) is 9.16 Å². The van der Waals surface area contributed by atoms with E-state index in [2.05, 4.69) is 39.8 Å². The van der Waals surface area contributed by atoms with Crippen molar-refractivity contribution in [3.63, 3.8) is 0 Å². The van der Waals surface area contributed by atoms with Gasteiger partial charge in [-0.15, -0.1) is 12.3 Å². The minimum absolute atomic E-state index is 0.268. The molecular formula is C14H26O2Si. The van der Waals surface area contributed by atoms with Crippen LogP contribution in [0.5, 0.6) is 0 Å². The molecule has 0 saturated heterocycles. The predicted molar refractivity (Wildman–Crippen MR) is 76.6 cm³/mol. The highest BCUT2D eigenvalue weighted by atomic mass is 28.4. The van der Waals surface area contributed by atoms with Crippen LogP contribution in [0, 0.1) is 12.3 Å². The minimum Gasteiger partial charge on any atom is -0.413 e.